The molecule has 0 bridgehead atoms. The number of hydrogen-bond acceptors (Lipinski definition) is 6. The molecule has 2 heterocycles. The van der Waals surface area contributed by atoms with Crippen molar-refractivity contribution in [1.29, 1.82) is 0 Å². The predicted molar refractivity (Wildman–Crippen MR) is 107 cm³/mol. The topological polar surface area (TPSA) is 63.7 Å². The summed E-state index contributed by atoms with van der Waals surface area (Å²) in [4.78, 5) is 19.1. The molecule has 4 rings (SSSR count). The number of carbonyl (C=O) groups is 1. The van der Waals surface area contributed by atoms with E-state index in [0.717, 1.165) is 15.2 Å². The van der Waals surface area contributed by atoms with Crippen LogP contribution in [0.5, 0.6) is 11.5 Å². The molecule has 6 nitrogen and oxygen atoms in total. The van der Waals surface area contributed by atoms with Crippen molar-refractivity contribution in [1.82, 2.24) is 9.88 Å². The summed E-state index contributed by atoms with van der Waals surface area (Å²) in [7, 11) is 1.93. The Morgan fingerprint density at radius 1 is 1.22 bits per heavy atom. The number of aromatic nitrogens is 1. The van der Waals surface area contributed by atoms with Gasteiger partial charge in [-0.25, -0.2) is 4.98 Å². The Balaban J connectivity index is 1.39. The van der Waals surface area contributed by atoms with Crippen LogP contribution in [0.15, 0.2) is 42.5 Å². The lowest BCUT2D eigenvalue weighted by molar-refractivity contribution is -0.117. The minimum atomic E-state index is -0.0814. The molecule has 1 amide bonds. The summed E-state index contributed by atoms with van der Waals surface area (Å²) in [6, 6.07) is 13.6. The smallest absolute Gasteiger partial charge is 0.238 e. The summed E-state index contributed by atoms with van der Waals surface area (Å²) in [6.45, 7) is 3.40. The van der Waals surface area contributed by atoms with E-state index in [-0.39, 0.29) is 18.5 Å². The van der Waals surface area contributed by atoms with E-state index in [2.05, 4.69) is 23.3 Å². The molecular weight excluding hydrogens is 362 g/mol. The van der Waals surface area contributed by atoms with Crippen molar-refractivity contribution in [2.75, 3.05) is 32.1 Å². The fraction of sp³-hybridized carbons (Fsp3) is 0.300. The van der Waals surface area contributed by atoms with E-state index in [1.165, 1.54) is 0 Å². The fourth-order valence-corrected chi connectivity index (χ4v) is 4.03. The van der Waals surface area contributed by atoms with Gasteiger partial charge in [-0.15, -0.1) is 11.3 Å². The van der Waals surface area contributed by atoms with Crippen molar-refractivity contribution in [3.8, 4) is 11.5 Å². The van der Waals surface area contributed by atoms with Gasteiger partial charge >= 0.3 is 0 Å². The minimum Gasteiger partial charge on any atom is -0.486 e. The number of nitrogens with one attached hydrogen (secondary N) is 1. The maximum atomic E-state index is 12.5. The van der Waals surface area contributed by atoms with Crippen LogP contribution in [0.25, 0.3) is 10.2 Å². The molecule has 0 aliphatic carbocycles. The van der Waals surface area contributed by atoms with Crippen LogP contribution in [-0.2, 0) is 4.79 Å². The summed E-state index contributed by atoms with van der Waals surface area (Å²) in [6.07, 6.45) is 0. The molecule has 1 N–H and O–H groups in total. The van der Waals surface area contributed by atoms with Crippen LogP contribution in [0.3, 0.4) is 0 Å². The third-order valence-corrected chi connectivity index (χ3v) is 5.75. The van der Waals surface area contributed by atoms with Crippen molar-refractivity contribution in [3.05, 3.63) is 47.5 Å². The van der Waals surface area contributed by atoms with Crippen LogP contribution in [0, 0.1) is 0 Å². The Morgan fingerprint density at radius 2 is 2.00 bits per heavy atom. The molecule has 27 heavy (non-hydrogen) atoms. The first kappa shape index (κ1) is 17.8. The van der Waals surface area contributed by atoms with Crippen molar-refractivity contribution in [2.45, 2.75) is 13.0 Å². The molecular formula is C20H21N3O3S. The highest BCUT2D eigenvalue weighted by Crippen LogP contribution is 2.33. The first-order valence-electron chi connectivity index (χ1n) is 8.85. The lowest BCUT2D eigenvalue weighted by atomic mass is 10.2. The van der Waals surface area contributed by atoms with Gasteiger partial charge in [-0.2, -0.15) is 0 Å². The van der Waals surface area contributed by atoms with Crippen LogP contribution >= 0.6 is 11.3 Å². The third-order valence-electron chi connectivity index (χ3n) is 4.55. The number of carbonyl (C=O) groups excluding carboxylic acids is 1. The Morgan fingerprint density at radius 3 is 2.81 bits per heavy atom. The van der Waals surface area contributed by atoms with Crippen molar-refractivity contribution in [2.24, 2.45) is 0 Å². The second-order valence-corrected chi connectivity index (χ2v) is 7.58. The van der Waals surface area contributed by atoms with Crippen LogP contribution in [0.2, 0.25) is 0 Å². The van der Waals surface area contributed by atoms with E-state index in [0.29, 0.717) is 30.4 Å². The standard InChI is InChI=1S/C20H21N3O3S/c1-13(20-22-15-5-3-4-6-18(15)27-20)23(2)12-19(24)21-14-7-8-16-17(11-14)26-10-9-25-16/h3-8,11,13H,9-10,12H2,1-2H3,(H,21,24)/t13-/m0/s1. The molecule has 0 radical (unpaired) electrons. The minimum absolute atomic E-state index is 0.0495. The number of nitrogens with zero attached hydrogens (tertiary/aromatic N) is 2. The highest BCUT2D eigenvalue weighted by Gasteiger charge is 2.19. The van der Waals surface area contributed by atoms with Crippen LogP contribution in [-0.4, -0.2) is 42.6 Å². The first-order chi connectivity index (χ1) is 13.1. The average molecular weight is 383 g/mol. The van der Waals surface area contributed by atoms with Gasteiger partial charge in [0.15, 0.2) is 11.5 Å². The number of fused-ring (bicyclic) bond motifs is 2. The van der Waals surface area contributed by atoms with E-state index in [1.54, 1.807) is 17.4 Å². The Labute approximate surface area is 161 Å². The van der Waals surface area contributed by atoms with E-state index >= 15 is 0 Å². The van der Waals surface area contributed by atoms with Crippen molar-refractivity contribution in [3.63, 3.8) is 0 Å². The molecule has 1 aliphatic rings. The molecule has 3 aromatic rings. The molecule has 2 aromatic carbocycles. The molecule has 0 spiro atoms. The first-order valence-corrected chi connectivity index (χ1v) is 9.67. The van der Waals surface area contributed by atoms with Crippen LogP contribution < -0.4 is 14.8 Å². The summed E-state index contributed by atoms with van der Waals surface area (Å²) < 4.78 is 12.2. The molecule has 0 unspecified atom stereocenters. The molecule has 1 aliphatic heterocycles. The highest BCUT2D eigenvalue weighted by atomic mass is 32.1. The Bertz CT molecular complexity index is 939. The van der Waals surface area contributed by atoms with E-state index in [4.69, 9.17) is 9.47 Å². The van der Waals surface area contributed by atoms with Gasteiger partial charge in [-0.05, 0) is 38.2 Å². The number of hydrogen-bond donors (Lipinski definition) is 1. The number of para-hydroxylation sites is 1. The number of thiazole rings is 1. The highest BCUT2D eigenvalue weighted by molar-refractivity contribution is 7.18. The molecule has 140 valence electrons. The maximum absolute atomic E-state index is 12.5. The van der Waals surface area contributed by atoms with E-state index < -0.39 is 0 Å². The number of rotatable bonds is 5. The normalized spacial score (nSPS) is 14.3. The maximum Gasteiger partial charge on any atom is 0.238 e. The van der Waals surface area contributed by atoms with E-state index in [9.17, 15) is 4.79 Å². The zero-order valence-corrected chi connectivity index (χ0v) is 16.1. The van der Waals surface area contributed by atoms with Gasteiger partial charge in [-0.3, -0.25) is 9.69 Å². The number of anilines is 1. The quantitative estimate of drug-likeness (QED) is 0.728. The lowest BCUT2D eigenvalue weighted by Crippen LogP contribution is -2.32. The van der Waals surface area contributed by atoms with Crippen molar-refractivity contribution >= 4 is 33.1 Å². The number of amides is 1. The van der Waals surface area contributed by atoms with Gasteiger partial charge in [0.2, 0.25) is 5.91 Å². The third kappa shape index (κ3) is 3.89. The zero-order valence-electron chi connectivity index (χ0n) is 15.3. The Kier molecular flexibility index (Phi) is 4.96. The molecule has 1 aromatic heterocycles. The van der Waals surface area contributed by atoms with E-state index in [1.807, 2.05) is 42.3 Å². The number of likely N-dealkylation sites (N-methyl/N-ethyl adjacent to an activating group) is 1. The zero-order chi connectivity index (χ0) is 18.8. The average Bonchev–Trinajstić information content (AvgIpc) is 3.11. The molecule has 0 saturated heterocycles. The van der Waals surface area contributed by atoms with Gasteiger partial charge < -0.3 is 14.8 Å². The molecule has 7 heteroatoms. The fourth-order valence-electron chi connectivity index (χ4n) is 2.94. The summed E-state index contributed by atoms with van der Waals surface area (Å²) in [5.41, 5.74) is 1.70. The van der Waals surface area contributed by atoms with Crippen LogP contribution in [0.4, 0.5) is 5.69 Å². The molecule has 0 saturated carbocycles. The van der Waals surface area contributed by atoms with Gasteiger partial charge in [0.25, 0.3) is 0 Å². The Hall–Kier alpha value is -2.64. The number of benzene rings is 2. The second-order valence-electron chi connectivity index (χ2n) is 6.52. The van der Waals surface area contributed by atoms with Crippen molar-refractivity contribution < 1.29 is 14.3 Å². The molecule has 0 fully saturated rings. The van der Waals surface area contributed by atoms with Gasteiger partial charge in [0, 0.05) is 11.8 Å². The van der Waals surface area contributed by atoms with Gasteiger partial charge in [-0.1, -0.05) is 12.1 Å². The van der Waals surface area contributed by atoms with Crippen LogP contribution in [0.1, 0.15) is 18.0 Å². The van der Waals surface area contributed by atoms with Gasteiger partial charge in [0.05, 0.1) is 22.8 Å². The summed E-state index contributed by atoms with van der Waals surface area (Å²) in [5.74, 6) is 1.29. The predicted octanol–water partition coefficient (Wildman–Crippen LogP) is 3.70. The van der Waals surface area contributed by atoms with Gasteiger partial charge in [0.1, 0.15) is 18.2 Å². The summed E-state index contributed by atoms with van der Waals surface area (Å²) in [5, 5.41) is 3.93. The second kappa shape index (κ2) is 7.54. The lowest BCUT2D eigenvalue weighted by Gasteiger charge is -2.22. The largest absolute Gasteiger partial charge is 0.486 e. The monoisotopic (exact) mass is 383 g/mol. The summed E-state index contributed by atoms with van der Waals surface area (Å²) >= 11 is 1.67. The SMILES string of the molecule is C[C@@H](c1nc2ccccc2s1)N(C)CC(=O)Nc1ccc2c(c1)OCCO2. The number of ether oxygens (including phenoxy) is 2. The molecule has 1 atom stereocenters.